The van der Waals surface area contributed by atoms with Crippen molar-refractivity contribution in [1.29, 1.82) is 0 Å². The number of aromatic amines is 1. The number of nitrogen functional groups attached to an aromatic ring is 1. The van der Waals surface area contributed by atoms with Crippen LogP contribution in [0.25, 0.3) is 11.2 Å². The standard InChI is InChI=1S/C24H19Cl2N5O6/c25-14-5-1-12(2-6-14)22(33)35-10-17-16(37-23(34)13-3-7-15(26)8-4-13)9-18(36-17)31-11-28-19-20(31)29-24(27)30-21(19)32/h1-8,11,16-18H,9-10H2,(H3,27,29,30,32)/t16-,17+,18+/m0/s1. The van der Waals surface area contributed by atoms with Crippen LogP contribution in [0.3, 0.4) is 0 Å². The van der Waals surface area contributed by atoms with E-state index in [2.05, 4.69) is 15.0 Å². The van der Waals surface area contributed by atoms with E-state index in [0.717, 1.165) is 0 Å². The summed E-state index contributed by atoms with van der Waals surface area (Å²) in [4.78, 5) is 48.2. The van der Waals surface area contributed by atoms with Crippen LogP contribution in [0.1, 0.15) is 33.4 Å². The van der Waals surface area contributed by atoms with Gasteiger partial charge in [0, 0.05) is 16.5 Å². The maximum absolute atomic E-state index is 12.8. The maximum Gasteiger partial charge on any atom is 0.338 e. The minimum absolute atomic E-state index is 0.0742. The van der Waals surface area contributed by atoms with E-state index in [4.69, 9.17) is 43.1 Å². The van der Waals surface area contributed by atoms with E-state index in [9.17, 15) is 14.4 Å². The Labute approximate surface area is 219 Å². The highest BCUT2D eigenvalue weighted by molar-refractivity contribution is 6.31. The molecule has 0 radical (unpaired) electrons. The molecule has 0 unspecified atom stereocenters. The van der Waals surface area contributed by atoms with Gasteiger partial charge in [-0.2, -0.15) is 4.98 Å². The average Bonchev–Trinajstić information content (AvgIpc) is 3.47. The van der Waals surface area contributed by atoms with Crippen molar-refractivity contribution >= 4 is 52.3 Å². The Balaban J connectivity index is 1.38. The van der Waals surface area contributed by atoms with Crippen molar-refractivity contribution in [1.82, 2.24) is 19.5 Å². The third-order valence-corrected chi connectivity index (χ3v) is 6.24. The fourth-order valence-electron chi connectivity index (χ4n) is 3.92. The van der Waals surface area contributed by atoms with Gasteiger partial charge in [-0.25, -0.2) is 14.6 Å². The van der Waals surface area contributed by atoms with Crippen molar-refractivity contribution in [3.8, 4) is 0 Å². The highest BCUT2D eigenvalue weighted by atomic mass is 35.5. The Bertz CT molecular complexity index is 1520. The molecule has 1 saturated heterocycles. The summed E-state index contributed by atoms with van der Waals surface area (Å²) in [6.45, 7) is -0.209. The van der Waals surface area contributed by atoms with Gasteiger partial charge in [0.25, 0.3) is 5.56 Å². The Kier molecular flexibility index (Phi) is 6.83. The Hall–Kier alpha value is -3.93. The SMILES string of the molecule is Nc1nc2c(ncn2[C@H]2C[C@H](OC(=O)c3ccc(Cl)cc3)[C@@H](COC(=O)c3ccc(Cl)cc3)O2)c(=O)[nH]1. The molecule has 190 valence electrons. The molecule has 0 spiro atoms. The second-order valence-corrected chi connectivity index (χ2v) is 9.07. The van der Waals surface area contributed by atoms with E-state index < -0.39 is 35.9 Å². The molecular formula is C24H19Cl2N5O6. The summed E-state index contributed by atoms with van der Waals surface area (Å²) in [6.07, 6.45) is -0.808. The molecule has 13 heteroatoms. The Morgan fingerprint density at radius 2 is 1.68 bits per heavy atom. The summed E-state index contributed by atoms with van der Waals surface area (Å²) in [6, 6.07) is 12.4. The molecule has 0 amide bonds. The molecule has 1 aliphatic rings. The van der Waals surface area contributed by atoms with Crippen LogP contribution in [-0.4, -0.2) is 50.3 Å². The average molecular weight is 544 g/mol. The number of anilines is 1. The predicted molar refractivity (Wildman–Crippen MR) is 133 cm³/mol. The number of imidazole rings is 1. The number of aromatic nitrogens is 4. The van der Waals surface area contributed by atoms with Crippen LogP contribution in [0.4, 0.5) is 5.95 Å². The van der Waals surface area contributed by atoms with E-state index in [1.807, 2.05) is 0 Å². The third kappa shape index (κ3) is 5.29. The zero-order valence-corrected chi connectivity index (χ0v) is 20.5. The van der Waals surface area contributed by atoms with Gasteiger partial charge in [-0.05, 0) is 48.5 Å². The summed E-state index contributed by atoms with van der Waals surface area (Å²) in [5.74, 6) is -1.29. The van der Waals surface area contributed by atoms with Crippen LogP contribution >= 0.6 is 23.2 Å². The van der Waals surface area contributed by atoms with Gasteiger partial charge in [0.05, 0.1) is 17.5 Å². The van der Waals surface area contributed by atoms with Gasteiger partial charge >= 0.3 is 11.9 Å². The molecule has 0 saturated carbocycles. The normalized spacial score (nSPS) is 19.1. The number of esters is 2. The summed E-state index contributed by atoms with van der Waals surface area (Å²) in [5.41, 5.74) is 6.06. The van der Waals surface area contributed by atoms with E-state index in [1.54, 1.807) is 24.3 Å². The van der Waals surface area contributed by atoms with Crippen LogP contribution in [0, 0.1) is 0 Å². The van der Waals surface area contributed by atoms with Crippen molar-refractivity contribution in [2.45, 2.75) is 24.9 Å². The molecule has 3 atom stereocenters. The molecule has 1 fully saturated rings. The summed E-state index contributed by atoms with van der Waals surface area (Å²) >= 11 is 11.8. The molecule has 37 heavy (non-hydrogen) atoms. The number of benzene rings is 2. The quantitative estimate of drug-likeness (QED) is 0.348. The number of nitrogens with one attached hydrogen (secondary N) is 1. The first-order valence-corrected chi connectivity index (χ1v) is 11.8. The molecule has 2 aromatic carbocycles. The van der Waals surface area contributed by atoms with Crippen molar-refractivity contribution in [3.05, 3.63) is 86.4 Å². The summed E-state index contributed by atoms with van der Waals surface area (Å²) < 4.78 is 18.8. The largest absolute Gasteiger partial charge is 0.459 e. The van der Waals surface area contributed by atoms with Crippen molar-refractivity contribution in [3.63, 3.8) is 0 Å². The summed E-state index contributed by atoms with van der Waals surface area (Å²) in [7, 11) is 0. The number of carbonyl (C=O) groups excluding carboxylic acids is 2. The lowest BCUT2D eigenvalue weighted by Crippen LogP contribution is -2.32. The van der Waals surface area contributed by atoms with E-state index in [0.29, 0.717) is 21.2 Å². The molecule has 2 aromatic heterocycles. The first kappa shape index (κ1) is 24.8. The number of hydrogen-bond acceptors (Lipinski definition) is 9. The monoisotopic (exact) mass is 543 g/mol. The van der Waals surface area contributed by atoms with Crippen molar-refractivity contribution in [2.24, 2.45) is 0 Å². The molecule has 3 N–H and O–H groups in total. The molecule has 1 aliphatic heterocycles. The molecule has 0 bridgehead atoms. The maximum atomic E-state index is 12.8. The molecule has 5 rings (SSSR count). The topological polar surface area (TPSA) is 151 Å². The van der Waals surface area contributed by atoms with Gasteiger partial charge in [-0.1, -0.05) is 23.2 Å². The smallest absolute Gasteiger partial charge is 0.338 e. The van der Waals surface area contributed by atoms with Crippen molar-refractivity contribution < 1.29 is 23.8 Å². The predicted octanol–water partition coefficient (Wildman–Crippen LogP) is 3.38. The number of nitrogens with zero attached hydrogens (tertiary/aromatic N) is 3. The number of rotatable bonds is 6. The third-order valence-electron chi connectivity index (χ3n) is 5.74. The Morgan fingerprint density at radius 1 is 1.05 bits per heavy atom. The minimum atomic E-state index is -0.825. The minimum Gasteiger partial charge on any atom is -0.459 e. The molecular weight excluding hydrogens is 525 g/mol. The molecule has 4 aromatic rings. The van der Waals surface area contributed by atoms with Crippen LogP contribution < -0.4 is 11.3 Å². The lowest BCUT2D eigenvalue weighted by atomic mass is 10.1. The van der Waals surface area contributed by atoms with Gasteiger partial charge < -0.3 is 19.9 Å². The highest BCUT2D eigenvalue weighted by Crippen LogP contribution is 2.33. The zero-order chi connectivity index (χ0) is 26.1. The number of ether oxygens (including phenoxy) is 3. The number of nitrogens with two attached hydrogens (primary N) is 1. The number of carbonyl (C=O) groups is 2. The van der Waals surface area contributed by atoms with E-state index in [1.165, 1.54) is 35.2 Å². The fraction of sp³-hybridized carbons (Fsp3) is 0.208. The summed E-state index contributed by atoms with van der Waals surface area (Å²) in [5, 5.41) is 0.954. The number of fused-ring (bicyclic) bond motifs is 1. The number of hydrogen-bond donors (Lipinski definition) is 2. The first-order valence-electron chi connectivity index (χ1n) is 11.1. The van der Waals surface area contributed by atoms with Gasteiger partial charge in [0.2, 0.25) is 5.95 Å². The molecule has 11 nitrogen and oxygen atoms in total. The second-order valence-electron chi connectivity index (χ2n) is 8.20. The lowest BCUT2D eigenvalue weighted by molar-refractivity contribution is -0.0563. The van der Waals surface area contributed by atoms with Crippen LogP contribution in [0.15, 0.2) is 59.7 Å². The van der Waals surface area contributed by atoms with Crippen LogP contribution in [-0.2, 0) is 14.2 Å². The first-order chi connectivity index (χ1) is 17.8. The van der Waals surface area contributed by atoms with Gasteiger partial charge in [-0.3, -0.25) is 14.3 Å². The number of halogens is 2. The van der Waals surface area contributed by atoms with E-state index in [-0.39, 0.29) is 30.1 Å². The molecule has 0 aliphatic carbocycles. The van der Waals surface area contributed by atoms with E-state index >= 15 is 0 Å². The number of H-pyrrole nitrogens is 1. The van der Waals surface area contributed by atoms with Crippen molar-refractivity contribution in [2.75, 3.05) is 12.3 Å². The van der Waals surface area contributed by atoms with Crippen LogP contribution in [0.2, 0.25) is 10.0 Å². The second kappa shape index (κ2) is 10.2. The van der Waals surface area contributed by atoms with Gasteiger partial charge in [0.15, 0.2) is 11.2 Å². The van der Waals surface area contributed by atoms with Gasteiger partial charge in [0.1, 0.15) is 25.0 Å². The highest BCUT2D eigenvalue weighted by Gasteiger charge is 2.40. The van der Waals surface area contributed by atoms with Gasteiger partial charge in [-0.15, -0.1) is 0 Å². The fourth-order valence-corrected chi connectivity index (χ4v) is 4.17. The zero-order valence-electron chi connectivity index (χ0n) is 19.0. The lowest BCUT2D eigenvalue weighted by Gasteiger charge is -2.19. The molecule has 3 heterocycles. The Morgan fingerprint density at radius 3 is 2.32 bits per heavy atom. The van der Waals surface area contributed by atoms with Crippen LogP contribution in [0.5, 0.6) is 0 Å².